The number of hydrogen-bond acceptors (Lipinski definition) is 5. The normalized spacial score (nSPS) is 21.8. The SMILES string of the molecule is CC1CN(C(=O)Cn2nnc(-c3ccccc3)n2)CC(C)O1. The van der Waals surface area contributed by atoms with E-state index in [1.54, 1.807) is 4.90 Å². The molecule has 1 aliphatic heterocycles. The van der Waals surface area contributed by atoms with Crippen LogP contribution in [0.15, 0.2) is 30.3 Å². The quantitative estimate of drug-likeness (QED) is 0.845. The topological polar surface area (TPSA) is 73.1 Å². The molecule has 3 rings (SSSR count). The maximum absolute atomic E-state index is 12.3. The molecule has 2 unspecified atom stereocenters. The number of aromatic nitrogens is 4. The van der Waals surface area contributed by atoms with Gasteiger partial charge in [0, 0.05) is 18.7 Å². The lowest BCUT2D eigenvalue weighted by atomic mass is 10.2. The Morgan fingerprint density at radius 3 is 2.59 bits per heavy atom. The minimum absolute atomic E-state index is 0.0148. The van der Waals surface area contributed by atoms with Crippen molar-refractivity contribution in [3.63, 3.8) is 0 Å². The highest BCUT2D eigenvalue weighted by Crippen LogP contribution is 2.13. The summed E-state index contributed by atoms with van der Waals surface area (Å²) in [5.74, 6) is 0.510. The van der Waals surface area contributed by atoms with Crippen molar-refractivity contribution < 1.29 is 9.53 Å². The van der Waals surface area contributed by atoms with Gasteiger partial charge in [0.05, 0.1) is 12.2 Å². The summed E-state index contributed by atoms with van der Waals surface area (Å²) < 4.78 is 5.63. The van der Waals surface area contributed by atoms with Crippen molar-refractivity contribution in [3.05, 3.63) is 30.3 Å². The number of hydrogen-bond donors (Lipinski definition) is 0. The van der Waals surface area contributed by atoms with E-state index in [1.165, 1.54) is 4.80 Å². The van der Waals surface area contributed by atoms with E-state index in [9.17, 15) is 4.79 Å². The highest BCUT2D eigenvalue weighted by Gasteiger charge is 2.26. The molecule has 116 valence electrons. The molecule has 0 spiro atoms. The van der Waals surface area contributed by atoms with E-state index in [1.807, 2.05) is 44.2 Å². The molecular weight excluding hydrogens is 282 g/mol. The van der Waals surface area contributed by atoms with Crippen LogP contribution in [0.1, 0.15) is 13.8 Å². The average Bonchev–Trinajstić information content (AvgIpc) is 2.95. The van der Waals surface area contributed by atoms with E-state index in [-0.39, 0.29) is 24.7 Å². The Labute approximate surface area is 128 Å². The van der Waals surface area contributed by atoms with Crippen molar-refractivity contribution in [2.45, 2.75) is 32.6 Å². The number of carbonyl (C=O) groups is 1. The van der Waals surface area contributed by atoms with Gasteiger partial charge in [-0.1, -0.05) is 30.3 Å². The van der Waals surface area contributed by atoms with Crippen molar-refractivity contribution in [2.24, 2.45) is 0 Å². The van der Waals surface area contributed by atoms with Crippen molar-refractivity contribution >= 4 is 5.91 Å². The summed E-state index contributed by atoms with van der Waals surface area (Å²) in [5.41, 5.74) is 0.884. The van der Waals surface area contributed by atoms with Crippen molar-refractivity contribution in [2.75, 3.05) is 13.1 Å². The van der Waals surface area contributed by atoms with Crippen molar-refractivity contribution in [3.8, 4) is 11.4 Å². The Morgan fingerprint density at radius 1 is 1.23 bits per heavy atom. The van der Waals surface area contributed by atoms with Crippen LogP contribution in [0.25, 0.3) is 11.4 Å². The maximum atomic E-state index is 12.3. The van der Waals surface area contributed by atoms with Gasteiger partial charge in [0.25, 0.3) is 0 Å². The molecule has 2 heterocycles. The van der Waals surface area contributed by atoms with Gasteiger partial charge in [-0.05, 0) is 19.1 Å². The lowest BCUT2D eigenvalue weighted by Crippen LogP contribution is -2.49. The van der Waals surface area contributed by atoms with Crippen LogP contribution in [0, 0.1) is 0 Å². The molecule has 0 N–H and O–H groups in total. The molecular formula is C15H19N5O2. The molecule has 1 aromatic carbocycles. The van der Waals surface area contributed by atoms with Crippen molar-refractivity contribution in [1.82, 2.24) is 25.1 Å². The Kier molecular flexibility index (Phi) is 4.15. The van der Waals surface area contributed by atoms with Crippen LogP contribution in [-0.4, -0.2) is 56.3 Å². The van der Waals surface area contributed by atoms with Crippen LogP contribution in [0.5, 0.6) is 0 Å². The first-order valence-corrected chi connectivity index (χ1v) is 7.38. The summed E-state index contributed by atoms with van der Waals surface area (Å²) in [6.07, 6.45) is 0.104. The van der Waals surface area contributed by atoms with Gasteiger partial charge in [-0.2, -0.15) is 4.80 Å². The third-order valence-corrected chi connectivity index (χ3v) is 3.53. The van der Waals surface area contributed by atoms with Crippen molar-refractivity contribution in [1.29, 1.82) is 0 Å². The molecule has 22 heavy (non-hydrogen) atoms. The number of amides is 1. The van der Waals surface area contributed by atoms with Crippen LogP contribution in [0.4, 0.5) is 0 Å². The smallest absolute Gasteiger partial charge is 0.246 e. The zero-order valence-corrected chi connectivity index (χ0v) is 12.7. The highest BCUT2D eigenvalue weighted by atomic mass is 16.5. The van der Waals surface area contributed by atoms with Gasteiger partial charge in [-0.25, -0.2) is 0 Å². The molecule has 1 aromatic heterocycles. The second kappa shape index (κ2) is 6.23. The molecule has 7 heteroatoms. The first-order chi connectivity index (χ1) is 10.6. The number of carbonyl (C=O) groups excluding carboxylic acids is 1. The van der Waals surface area contributed by atoms with Gasteiger partial charge in [0.1, 0.15) is 6.54 Å². The fourth-order valence-corrected chi connectivity index (χ4v) is 2.62. The fourth-order valence-electron chi connectivity index (χ4n) is 2.62. The Hall–Kier alpha value is -2.28. The molecule has 1 amide bonds. The summed E-state index contributed by atoms with van der Waals surface area (Å²) in [7, 11) is 0. The number of morpholine rings is 1. The minimum atomic E-state index is -0.0148. The number of benzene rings is 1. The molecule has 0 radical (unpaired) electrons. The number of nitrogens with zero attached hydrogens (tertiary/aromatic N) is 5. The third kappa shape index (κ3) is 3.30. The monoisotopic (exact) mass is 301 g/mol. The van der Waals surface area contributed by atoms with Crippen LogP contribution in [0.2, 0.25) is 0 Å². The van der Waals surface area contributed by atoms with E-state index in [0.717, 1.165) is 5.56 Å². The fraction of sp³-hybridized carbons (Fsp3) is 0.467. The molecule has 2 aromatic rings. The second-order valence-electron chi connectivity index (χ2n) is 5.57. The Balaban J connectivity index is 1.66. The third-order valence-electron chi connectivity index (χ3n) is 3.53. The van der Waals surface area contributed by atoms with Gasteiger partial charge < -0.3 is 9.64 Å². The van der Waals surface area contributed by atoms with Crippen LogP contribution >= 0.6 is 0 Å². The molecule has 1 fully saturated rings. The molecule has 7 nitrogen and oxygen atoms in total. The predicted octanol–water partition coefficient (Wildman–Crippen LogP) is 0.976. The van der Waals surface area contributed by atoms with E-state index in [0.29, 0.717) is 18.9 Å². The molecule has 2 atom stereocenters. The summed E-state index contributed by atoms with van der Waals surface area (Å²) in [6.45, 7) is 5.24. The van der Waals surface area contributed by atoms with E-state index >= 15 is 0 Å². The Morgan fingerprint density at radius 2 is 1.91 bits per heavy atom. The van der Waals surface area contributed by atoms with E-state index in [4.69, 9.17) is 4.74 Å². The molecule has 0 aliphatic carbocycles. The zero-order chi connectivity index (χ0) is 15.5. The van der Waals surface area contributed by atoms with Gasteiger partial charge in [0.2, 0.25) is 11.7 Å². The van der Waals surface area contributed by atoms with Gasteiger partial charge in [-0.15, -0.1) is 10.2 Å². The van der Waals surface area contributed by atoms with Gasteiger partial charge in [-0.3, -0.25) is 4.79 Å². The molecule has 1 saturated heterocycles. The van der Waals surface area contributed by atoms with E-state index in [2.05, 4.69) is 15.4 Å². The lowest BCUT2D eigenvalue weighted by molar-refractivity contribution is -0.144. The molecule has 0 saturated carbocycles. The molecule has 1 aliphatic rings. The average molecular weight is 301 g/mol. The number of ether oxygens (including phenoxy) is 1. The van der Waals surface area contributed by atoms with Crippen LogP contribution < -0.4 is 0 Å². The number of tetrazole rings is 1. The van der Waals surface area contributed by atoms with Crippen LogP contribution in [0.3, 0.4) is 0 Å². The molecule has 0 bridgehead atoms. The largest absolute Gasteiger partial charge is 0.372 e. The second-order valence-corrected chi connectivity index (χ2v) is 5.57. The van der Waals surface area contributed by atoms with Gasteiger partial charge in [0.15, 0.2) is 0 Å². The Bertz CT molecular complexity index is 632. The summed E-state index contributed by atoms with van der Waals surface area (Å²) in [4.78, 5) is 15.5. The summed E-state index contributed by atoms with van der Waals surface area (Å²) >= 11 is 0. The summed E-state index contributed by atoms with van der Waals surface area (Å²) in [6, 6.07) is 9.58. The first kappa shape index (κ1) is 14.6. The highest BCUT2D eigenvalue weighted by molar-refractivity contribution is 5.76. The number of rotatable bonds is 3. The standard InChI is InChI=1S/C15H19N5O2/c1-11-8-19(9-12(2)22-11)14(21)10-20-17-15(16-18-20)13-6-4-3-5-7-13/h3-7,11-12H,8-10H2,1-2H3. The first-order valence-electron chi connectivity index (χ1n) is 7.38. The maximum Gasteiger partial charge on any atom is 0.246 e. The van der Waals surface area contributed by atoms with Crippen LogP contribution in [-0.2, 0) is 16.1 Å². The minimum Gasteiger partial charge on any atom is -0.372 e. The lowest BCUT2D eigenvalue weighted by Gasteiger charge is -2.35. The van der Waals surface area contributed by atoms with E-state index < -0.39 is 0 Å². The predicted molar refractivity (Wildman–Crippen MR) is 79.8 cm³/mol. The summed E-state index contributed by atoms with van der Waals surface area (Å²) in [5, 5.41) is 12.2. The zero-order valence-electron chi connectivity index (χ0n) is 12.7. The van der Waals surface area contributed by atoms with Gasteiger partial charge >= 0.3 is 0 Å².